The average molecular weight is 209 g/mol. The van der Waals surface area contributed by atoms with E-state index in [4.69, 9.17) is 0 Å². The summed E-state index contributed by atoms with van der Waals surface area (Å²) < 4.78 is 0. The van der Waals surface area contributed by atoms with E-state index >= 15 is 0 Å². The third kappa shape index (κ3) is 1.13. The highest BCUT2D eigenvalue weighted by atomic mass is 16.4. The topological polar surface area (TPSA) is 40.5 Å². The van der Waals surface area contributed by atoms with Crippen LogP contribution in [0.4, 0.5) is 0 Å². The van der Waals surface area contributed by atoms with Gasteiger partial charge in [0.25, 0.3) is 0 Å². The van der Waals surface area contributed by atoms with Crippen LogP contribution >= 0.6 is 0 Å². The molecule has 3 rings (SSSR count). The van der Waals surface area contributed by atoms with Crippen molar-refractivity contribution in [2.24, 2.45) is 11.8 Å². The van der Waals surface area contributed by atoms with E-state index in [1.807, 2.05) is 0 Å². The van der Waals surface area contributed by atoms with Crippen LogP contribution in [0.3, 0.4) is 0 Å². The Morgan fingerprint density at radius 1 is 1.27 bits per heavy atom. The van der Waals surface area contributed by atoms with Crippen LogP contribution in [0, 0.1) is 11.8 Å². The number of carboxylic acids is 1. The molecule has 3 fully saturated rings. The second kappa shape index (κ2) is 3.21. The van der Waals surface area contributed by atoms with Crippen molar-refractivity contribution < 1.29 is 9.90 Å². The van der Waals surface area contributed by atoms with Gasteiger partial charge in [-0.15, -0.1) is 0 Å². The van der Waals surface area contributed by atoms with E-state index in [1.165, 1.54) is 19.3 Å². The Labute approximate surface area is 90.5 Å². The minimum absolute atomic E-state index is 0.450. The Balaban J connectivity index is 1.96. The SMILES string of the molecule is O=C(O)C12CCCN1CC1CCCCC12. The Bertz CT molecular complexity index is 291. The molecule has 0 amide bonds. The van der Waals surface area contributed by atoms with Crippen LogP contribution in [0.5, 0.6) is 0 Å². The maximum atomic E-state index is 11.6. The Hall–Kier alpha value is -0.570. The Morgan fingerprint density at radius 2 is 2.07 bits per heavy atom. The molecule has 0 aromatic carbocycles. The fourth-order valence-corrected chi connectivity index (χ4v) is 4.31. The van der Waals surface area contributed by atoms with Crippen LogP contribution in [0.25, 0.3) is 0 Å². The number of carboxylic acid groups (broad SMARTS) is 1. The zero-order chi connectivity index (χ0) is 10.5. The van der Waals surface area contributed by atoms with Gasteiger partial charge in [-0.05, 0) is 44.1 Å². The van der Waals surface area contributed by atoms with Gasteiger partial charge in [0.15, 0.2) is 0 Å². The van der Waals surface area contributed by atoms with Crippen molar-refractivity contribution in [2.45, 2.75) is 44.1 Å². The zero-order valence-electron chi connectivity index (χ0n) is 9.11. The number of nitrogens with zero attached hydrogens (tertiary/aromatic N) is 1. The summed E-state index contributed by atoms with van der Waals surface area (Å²) >= 11 is 0. The lowest BCUT2D eigenvalue weighted by Gasteiger charge is -2.35. The molecule has 0 aromatic heterocycles. The van der Waals surface area contributed by atoms with E-state index in [1.54, 1.807) is 0 Å². The van der Waals surface area contributed by atoms with Gasteiger partial charge in [-0.3, -0.25) is 9.69 Å². The fourth-order valence-electron chi connectivity index (χ4n) is 4.31. The molecule has 0 bridgehead atoms. The van der Waals surface area contributed by atoms with Crippen LogP contribution in [-0.4, -0.2) is 34.6 Å². The molecule has 3 atom stereocenters. The molecular weight excluding hydrogens is 190 g/mol. The van der Waals surface area contributed by atoms with Crippen molar-refractivity contribution >= 4 is 5.97 Å². The number of carbonyl (C=O) groups is 1. The normalized spacial score (nSPS) is 45.1. The van der Waals surface area contributed by atoms with Gasteiger partial charge < -0.3 is 5.11 Å². The Kier molecular flexibility index (Phi) is 2.06. The lowest BCUT2D eigenvalue weighted by molar-refractivity contribution is -0.150. The van der Waals surface area contributed by atoms with E-state index in [0.717, 1.165) is 32.4 Å². The summed E-state index contributed by atoms with van der Waals surface area (Å²) in [7, 11) is 0. The summed E-state index contributed by atoms with van der Waals surface area (Å²) in [6.07, 6.45) is 6.93. The predicted octanol–water partition coefficient (Wildman–Crippen LogP) is 1.73. The van der Waals surface area contributed by atoms with Crippen molar-refractivity contribution in [2.75, 3.05) is 13.1 Å². The highest BCUT2D eigenvalue weighted by Crippen LogP contribution is 2.51. The first-order valence-electron chi connectivity index (χ1n) is 6.23. The second-order valence-corrected chi connectivity index (χ2v) is 5.43. The maximum absolute atomic E-state index is 11.6. The van der Waals surface area contributed by atoms with Gasteiger partial charge in [0, 0.05) is 6.54 Å². The minimum atomic E-state index is -0.547. The van der Waals surface area contributed by atoms with Crippen molar-refractivity contribution in [1.82, 2.24) is 4.90 Å². The molecule has 3 nitrogen and oxygen atoms in total. The van der Waals surface area contributed by atoms with Gasteiger partial charge in [-0.2, -0.15) is 0 Å². The first-order valence-corrected chi connectivity index (χ1v) is 6.23. The van der Waals surface area contributed by atoms with E-state index in [9.17, 15) is 9.90 Å². The van der Waals surface area contributed by atoms with Gasteiger partial charge in [0.1, 0.15) is 5.54 Å². The quantitative estimate of drug-likeness (QED) is 0.715. The van der Waals surface area contributed by atoms with Gasteiger partial charge in [0.05, 0.1) is 0 Å². The van der Waals surface area contributed by atoms with Crippen LogP contribution in [0.15, 0.2) is 0 Å². The van der Waals surface area contributed by atoms with Crippen molar-refractivity contribution in [1.29, 1.82) is 0 Å². The smallest absolute Gasteiger partial charge is 0.324 e. The van der Waals surface area contributed by atoms with Crippen LogP contribution in [-0.2, 0) is 4.79 Å². The molecule has 15 heavy (non-hydrogen) atoms. The molecule has 2 aliphatic heterocycles. The molecule has 3 unspecified atom stereocenters. The molecule has 0 radical (unpaired) electrons. The Morgan fingerprint density at radius 3 is 2.87 bits per heavy atom. The van der Waals surface area contributed by atoms with Crippen LogP contribution in [0.1, 0.15) is 38.5 Å². The molecular formula is C12H19NO2. The second-order valence-electron chi connectivity index (χ2n) is 5.43. The number of hydrogen-bond donors (Lipinski definition) is 1. The molecule has 1 aliphatic carbocycles. The van der Waals surface area contributed by atoms with E-state index < -0.39 is 11.5 Å². The molecule has 84 valence electrons. The number of hydrogen-bond acceptors (Lipinski definition) is 2. The monoisotopic (exact) mass is 209 g/mol. The van der Waals surface area contributed by atoms with Crippen molar-refractivity contribution in [3.05, 3.63) is 0 Å². The highest BCUT2D eigenvalue weighted by molar-refractivity contribution is 5.80. The molecule has 2 heterocycles. The number of rotatable bonds is 1. The first kappa shape index (κ1) is 9.64. The predicted molar refractivity (Wildman–Crippen MR) is 56.6 cm³/mol. The molecule has 2 saturated heterocycles. The summed E-state index contributed by atoms with van der Waals surface area (Å²) in [6, 6.07) is 0. The number of aliphatic carboxylic acids is 1. The standard InChI is InChI=1S/C12H19NO2/c14-11(15)12-6-3-7-13(12)8-9-4-1-2-5-10(9)12/h9-10H,1-8H2,(H,14,15). The summed E-state index contributed by atoms with van der Waals surface area (Å²) in [5, 5.41) is 9.57. The minimum Gasteiger partial charge on any atom is -0.480 e. The van der Waals surface area contributed by atoms with Crippen LogP contribution < -0.4 is 0 Å². The third-order valence-corrected chi connectivity index (χ3v) is 4.90. The molecule has 3 aliphatic rings. The summed E-state index contributed by atoms with van der Waals surface area (Å²) in [5.74, 6) is 0.579. The summed E-state index contributed by atoms with van der Waals surface area (Å²) in [5.41, 5.74) is -0.453. The van der Waals surface area contributed by atoms with Gasteiger partial charge in [-0.25, -0.2) is 0 Å². The largest absolute Gasteiger partial charge is 0.480 e. The van der Waals surface area contributed by atoms with E-state index in [0.29, 0.717) is 11.8 Å². The van der Waals surface area contributed by atoms with E-state index in [-0.39, 0.29) is 0 Å². The molecule has 1 N–H and O–H groups in total. The lowest BCUT2D eigenvalue weighted by Crippen LogP contribution is -2.50. The molecule has 3 heteroatoms. The van der Waals surface area contributed by atoms with Crippen LogP contribution in [0.2, 0.25) is 0 Å². The molecule has 1 saturated carbocycles. The first-order chi connectivity index (χ1) is 7.25. The third-order valence-electron chi connectivity index (χ3n) is 4.90. The van der Waals surface area contributed by atoms with Gasteiger partial charge in [0.2, 0.25) is 0 Å². The lowest BCUT2D eigenvalue weighted by atomic mass is 9.71. The van der Waals surface area contributed by atoms with Crippen molar-refractivity contribution in [3.63, 3.8) is 0 Å². The summed E-state index contributed by atoms with van der Waals surface area (Å²) in [4.78, 5) is 13.9. The van der Waals surface area contributed by atoms with Gasteiger partial charge in [-0.1, -0.05) is 12.8 Å². The molecule has 0 spiro atoms. The van der Waals surface area contributed by atoms with E-state index in [2.05, 4.69) is 4.90 Å². The van der Waals surface area contributed by atoms with Gasteiger partial charge >= 0.3 is 5.97 Å². The summed E-state index contributed by atoms with van der Waals surface area (Å²) in [6.45, 7) is 2.07. The average Bonchev–Trinajstić information content (AvgIpc) is 2.73. The molecule has 0 aromatic rings. The maximum Gasteiger partial charge on any atom is 0.324 e. The number of fused-ring (bicyclic) bond motifs is 3. The zero-order valence-corrected chi connectivity index (χ0v) is 9.11. The van der Waals surface area contributed by atoms with Crippen molar-refractivity contribution in [3.8, 4) is 0 Å². The highest BCUT2D eigenvalue weighted by Gasteiger charge is 2.60. The fraction of sp³-hybridized carbons (Fsp3) is 0.917.